The Morgan fingerprint density at radius 2 is 1.49 bits per heavy atom. The van der Waals surface area contributed by atoms with Gasteiger partial charge in [0, 0.05) is 16.8 Å². The minimum atomic E-state index is -0.858. The molecule has 186 valence electrons. The summed E-state index contributed by atoms with van der Waals surface area (Å²) < 4.78 is 5.61. The number of para-hydroxylation sites is 1. The number of aliphatic hydroxyl groups excluding tert-OH is 1. The minimum absolute atomic E-state index is 0.0321. The van der Waals surface area contributed by atoms with E-state index in [1.54, 1.807) is 19.2 Å². The molecule has 4 aromatic rings. The van der Waals surface area contributed by atoms with Crippen LogP contribution in [0.25, 0.3) is 16.5 Å². The van der Waals surface area contributed by atoms with Gasteiger partial charge in [0.05, 0.1) is 18.7 Å². The van der Waals surface area contributed by atoms with Gasteiger partial charge in [-0.25, -0.2) is 0 Å². The Morgan fingerprint density at radius 3 is 2.16 bits per heavy atom. The summed E-state index contributed by atoms with van der Waals surface area (Å²) in [6, 6.07) is 27.3. The number of aliphatic hydroxyl groups is 1. The maximum atomic E-state index is 13.5. The molecule has 0 radical (unpaired) electrons. The summed E-state index contributed by atoms with van der Waals surface area (Å²) in [4.78, 5) is 28.5. The number of hydrogen-bond acceptors (Lipinski definition) is 4. The van der Waals surface area contributed by atoms with Gasteiger partial charge in [-0.05, 0) is 46.0 Å². The number of carbonyl (C=O) groups excluding carboxylic acids is 2. The summed E-state index contributed by atoms with van der Waals surface area (Å²) >= 11 is 0. The van der Waals surface area contributed by atoms with E-state index in [1.165, 1.54) is 4.90 Å². The number of methoxy groups -OCH3 is 1. The lowest BCUT2D eigenvalue weighted by atomic mass is 9.87. The molecule has 0 aromatic heterocycles. The molecule has 0 bridgehead atoms. The Hall–Kier alpha value is -4.38. The number of ketones is 1. The Morgan fingerprint density at radius 1 is 0.838 bits per heavy atom. The van der Waals surface area contributed by atoms with Crippen molar-refractivity contribution >= 4 is 33.9 Å². The molecule has 1 saturated heterocycles. The fourth-order valence-corrected chi connectivity index (χ4v) is 4.90. The van der Waals surface area contributed by atoms with Crippen molar-refractivity contribution in [3.05, 3.63) is 113 Å². The molecule has 1 N–H and O–H groups in total. The van der Waals surface area contributed by atoms with Gasteiger partial charge >= 0.3 is 0 Å². The van der Waals surface area contributed by atoms with Crippen LogP contribution in [0.1, 0.15) is 43.5 Å². The van der Waals surface area contributed by atoms with Gasteiger partial charge in [-0.15, -0.1) is 0 Å². The van der Waals surface area contributed by atoms with E-state index < -0.39 is 17.7 Å². The van der Waals surface area contributed by atoms with Crippen LogP contribution >= 0.6 is 0 Å². The Balaban J connectivity index is 1.72. The van der Waals surface area contributed by atoms with Gasteiger partial charge in [0.25, 0.3) is 11.7 Å². The summed E-state index contributed by atoms with van der Waals surface area (Å²) in [6.07, 6.45) is 0. The SMILES string of the molecule is COc1ccccc1C1/C(=C(\O)c2ccc3ccccc3c2)C(=O)C(=O)N1c1ccc(C(C)(C)C)cc1. The summed E-state index contributed by atoms with van der Waals surface area (Å²) in [5.74, 6) is -1.12. The molecule has 1 aliphatic heterocycles. The molecule has 1 heterocycles. The number of nitrogens with zero attached hydrogens (tertiary/aromatic N) is 1. The van der Waals surface area contributed by atoms with E-state index in [1.807, 2.05) is 78.9 Å². The average molecular weight is 492 g/mol. The highest BCUT2D eigenvalue weighted by molar-refractivity contribution is 6.51. The lowest BCUT2D eigenvalue weighted by molar-refractivity contribution is -0.132. The first-order chi connectivity index (χ1) is 17.7. The maximum Gasteiger partial charge on any atom is 0.300 e. The first-order valence-corrected chi connectivity index (χ1v) is 12.2. The minimum Gasteiger partial charge on any atom is -0.507 e. The second-order valence-corrected chi connectivity index (χ2v) is 10.3. The molecular formula is C32H29NO4. The van der Waals surface area contributed by atoms with Crippen LogP contribution < -0.4 is 9.64 Å². The van der Waals surface area contributed by atoms with Crippen molar-refractivity contribution in [2.75, 3.05) is 12.0 Å². The topological polar surface area (TPSA) is 66.8 Å². The molecule has 1 aliphatic rings. The van der Waals surface area contributed by atoms with Gasteiger partial charge in [-0.3, -0.25) is 14.5 Å². The first-order valence-electron chi connectivity index (χ1n) is 12.2. The van der Waals surface area contributed by atoms with Gasteiger partial charge in [-0.1, -0.05) is 87.5 Å². The van der Waals surface area contributed by atoms with Crippen LogP contribution in [-0.2, 0) is 15.0 Å². The molecule has 1 unspecified atom stereocenters. The van der Waals surface area contributed by atoms with Gasteiger partial charge in [0.2, 0.25) is 0 Å². The highest BCUT2D eigenvalue weighted by Gasteiger charge is 2.48. The molecule has 5 heteroatoms. The molecule has 4 aromatic carbocycles. The molecule has 0 spiro atoms. The number of benzene rings is 4. The summed E-state index contributed by atoms with van der Waals surface area (Å²) in [5, 5.41) is 13.5. The standard InChI is InChI=1S/C32H29NO4/c1-32(2,3)23-15-17-24(18-16-23)33-28(25-11-7-8-12-26(25)37-4)27(30(35)31(33)36)29(34)22-14-13-20-9-5-6-10-21(20)19-22/h5-19,28,34H,1-4H3/b29-27+. The van der Waals surface area contributed by atoms with Crippen molar-refractivity contribution in [1.82, 2.24) is 0 Å². The Labute approximate surface area is 216 Å². The van der Waals surface area contributed by atoms with Crippen molar-refractivity contribution in [1.29, 1.82) is 0 Å². The summed E-state index contributed by atoms with van der Waals surface area (Å²) in [6.45, 7) is 6.35. The molecule has 0 aliphatic carbocycles. The second-order valence-electron chi connectivity index (χ2n) is 10.3. The fraction of sp³-hybridized carbons (Fsp3) is 0.188. The summed E-state index contributed by atoms with van der Waals surface area (Å²) in [5.41, 5.74) is 2.74. The lowest BCUT2D eigenvalue weighted by Crippen LogP contribution is -2.29. The molecule has 1 fully saturated rings. The number of amides is 1. The quantitative estimate of drug-likeness (QED) is 0.194. The Bertz CT molecular complexity index is 1540. The molecule has 5 rings (SSSR count). The number of carbonyl (C=O) groups is 2. The summed E-state index contributed by atoms with van der Waals surface area (Å²) in [7, 11) is 1.55. The third-order valence-corrected chi connectivity index (χ3v) is 6.91. The predicted octanol–water partition coefficient (Wildman–Crippen LogP) is 6.77. The smallest absolute Gasteiger partial charge is 0.300 e. The van der Waals surface area contributed by atoms with Crippen LogP contribution in [0.3, 0.4) is 0 Å². The number of fused-ring (bicyclic) bond motifs is 1. The van der Waals surface area contributed by atoms with Crippen LogP contribution in [0.15, 0.2) is 96.6 Å². The van der Waals surface area contributed by atoms with Crippen molar-refractivity contribution in [3.63, 3.8) is 0 Å². The van der Waals surface area contributed by atoms with E-state index in [4.69, 9.17) is 4.74 Å². The zero-order chi connectivity index (χ0) is 26.3. The maximum absolute atomic E-state index is 13.5. The van der Waals surface area contributed by atoms with E-state index in [9.17, 15) is 14.7 Å². The van der Waals surface area contributed by atoms with Crippen molar-refractivity contribution in [3.8, 4) is 5.75 Å². The fourth-order valence-electron chi connectivity index (χ4n) is 4.90. The van der Waals surface area contributed by atoms with Gasteiger partial charge in [0.1, 0.15) is 11.5 Å². The average Bonchev–Trinajstić information content (AvgIpc) is 3.17. The van der Waals surface area contributed by atoms with Crippen molar-refractivity contribution < 1.29 is 19.4 Å². The molecule has 1 atom stereocenters. The predicted molar refractivity (Wildman–Crippen MR) is 147 cm³/mol. The molecular weight excluding hydrogens is 462 g/mol. The van der Waals surface area contributed by atoms with Crippen LogP contribution in [-0.4, -0.2) is 23.9 Å². The number of hydrogen-bond donors (Lipinski definition) is 1. The third kappa shape index (κ3) is 4.27. The second kappa shape index (κ2) is 9.25. The van der Waals surface area contributed by atoms with Crippen molar-refractivity contribution in [2.45, 2.75) is 32.2 Å². The van der Waals surface area contributed by atoms with E-state index in [2.05, 4.69) is 20.8 Å². The largest absolute Gasteiger partial charge is 0.507 e. The highest BCUT2D eigenvalue weighted by atomic mass is 16.5. The molecule has 1 amide bonds. The third-order valence-electron chi connectivity index (χ3n) is 6.91. The molecule has 0 saturated carbocycles. The highest BCUT2D eigenvalue weighted by Crippen LogP contribution is 2.45. The Kier molecular flexibility index (Phi) is 6.08. The van der Waals surface area contributed by atoms with E-state index >= 15 is 0 Å². The lowest BCUT2D eigenvalue weighted by Gasteiger charge is -2.27. The number of anilines is 1. The van der Waals surface area contributed by atoms with Gasteiger partial charge < -0.3 is 9.84 Å². The van der Waals surface area contributed by atoms with E-state index in [0.717, 1.165) is 16.3 Å². The number of Topliss-reactive ketones (excluding diaryl/α,β-unsaturated/α-hetero) is 1. The van der Waals surface area contributed by atoms with E-state index in [0.29, 0.717) is 22.6 Å². The zero-order valence-electron chi connectivity index (χ0n) is 21.4. The normalized spacial score (nSPS) is 17.4. The molecule has 5 nitrogen and oxygen atoms in total. The van der Waals surface area contributed by atoms with Crippen LogP contribution in [0.2, 0.25) is 0 Å². The van der Waals surface area contributed by atoms with Gasteiger partial charge in [-0.2, -0.15) is 0 Å². The van der Waals surface area contributed by atoms with Crippen LogP contribution in [0.4, 0.5) is 5.69 Å². The van der Waals surface area contributed by atoms with Crippen LogP contribution in [0, 0.1) is 0 Å². The van der Waals surface area contributed by atoms with E-state index in [-0.39, 0.29) is 16.7 Å². The number of ether oxygens (including phenoxy) is 1. The van der Waals surface area contributed by atoms with Gasteiger partial charge in [0.15, 0.2) is 0 Å². The van der Waals surface area contributed by atoms with Crippen molar-refractivity contribution in [2.24, 2.45) is 0 Å². The monoisotopic (exact) mass is 491 g/mol. The first kappa shape index (κ1) is 24.3. The number of rotatable bonds is 4. The zero-order valence-corrected chi connectivity index (χ0v) is 21.4. The van der Waals surface area contributed by atoms with Crippen LogP contribution in [0.5, 0.6) is 5.75 Å². The molecule has 37 heavy (non-hydrogen) atoms.